The number of hydrogen-bond acceptors (Lipinski definition) is 3. The van der Waals surface area contributed by atoms with E-state index in [0.29, 0.717) is 16.3 Å². The highest BCUT2D eigenvalue weighted by Crippen LogP contribution is 2.32. The van der Waals surface area contributed by atoms with E-state index in [2.05, 4.69) is 23.7 Å². The van der Waals surface area contributed by atoms with E-state index in [9.17, 15) is 4.79 Å². The molecule has 0 aliphatic heterocycles. The Morgan fingerprint density at radius 2 is 1.96 bits per heavy atom. The van der Waals surface area contributed by atoms with Crippen LogP contribution >= 0.6 is 11.6 Å². The van der Waals surface area contributed by atoms with Crippen molar-refractivity contribution in [3.8, 4) is 5.75 Å². The van der Waals surface area contributed by atoms with Gasteiger partial charge in [-0.05, 0) is 57.1 Å². The molecule has 126 valence electrons. The monoisotopic (exact) mass is 336 g/mol. The quantitative estimate of drug-likeness (QED) is 0.837. The number of aryl methyl sites for hydroxylation is 1. The molecule has 1 aromatic carbocycles. The van der Waals surface area contributed by atoms with E-state index in [-0.39, 0.29) is 5.56 Å². The zero-order valence-electron chi connectivity index (χ0n) is 14.3. The molecule has 0 saturated carbocycles. The van der Waals surface area contributed by atoms with Gasteiger partial charge in [0, 0.05) is 10.9 Å². The van der Waals surface area contributed by atoms with Crippen LogP contribution in [0.2, 0.25) is 5.02 Å². The fraction of sp³-hybridized carbons (Fsp3) is 0.500. The predicted molar refractivity (Wildman–Crippen MR) is 97.0 cm³/mol. The molecule has 4 nitrogen and oxygen atoms in total. The molecule has 0 saturated heterocycles. The van der Waals surface area contributed by atoms with Crippen molar-refractivity contribution >= 4 is 22.5 Å². The molecule has 0 amide bonds. The zero-order valence-corrected chi connectivity index (χ0v) is 15.1. The molecule has 5 heteroatoms. The average Bonchev–Trinajstić information content (AvgIpc) is 2.54. The van der Waals surface area contributed by atoms with Crippen LogP contribution in [0.5, 0.6) is 5.75 Å². The summed E-state index contributed by atoms with van der Waals surface area (Å²) in [6, 6.07) is 3.59. The summed E-state index contributed by atoms with van der Waals surface area (Å²) in [5.41, 5.74) is 2.40. The predicted octanol–water partition coefficient (Wildman–Crippen LogP) is 3.77. The van der Waals surface area contributed by atoms with E-state index in [0.717, 1.165) is 49.0 Å². The lowest BCUT2D eigenvalue weighted by Crippen LogP contribution is -2.25. The Hall–Kier alpha value is -1.52. The van der Waals surface area contributed by atoms with E-state index in [1.165, 1.54) is 0 Å². The van der Waals surface area contributed by atoms with Gasteiger partial charge in [-0.2, -0.15) is 0 Å². The second-order valence-electron chi connectivity index (χ2n) is 5.69. The standard InChI is InChI=1S/C18H25ClN2O2/c1-5-21(6-2)11-7-8-13-12(3)16-14(19)9-10-15(23-4)17(16)20-18(13)22/h9-10H,5-8,11H2,1-4H3,(H,20,22). The van der Waals surface area contributed by atoms with E-state index in [1.807, 2.05) is 13.0 Å². The molecule has 23 heavy (non-hydrogen) atoms. The van der Waals surface area contributed by atoms with Crippen LogP contribution in [0.15, 0.2) is 16.9 Å². The van der Waals surface area contributed by atoms with Crippen molar-refractivity contribution in [2.24, 2.45) is 0 Å². The van der Waals surface area contributed by atoms with Crippen LogP contribution in [0.3, 0.4) is 0 Å². The third-order valence-electron chi connectivity index (χ3n) is 4.47. The molecule has 1 heterocycles. The first-order valence-corrected chi connectivity index (χ1v) is 8.51. The van der Waals surface area contributed by atoms with E-state index in [4.69, 9.17) is 16.3 Å². The summed E-state index contributed by atoms with van der Waals surface area (Å²) < 4.78 is 5.34. The van der Waals surface area contributed by atoms with Gasteiger partial charge in [-0.1, -0.05) is 25.4 Å². The number of nitrogens with zero attached hydrogens (tertiary/aromatic N) is 1. The normalized spacial score (nSPS) is 11.4. The molecule has 0 aliphatic carbocycles. The van der Waals surface area contributed by atoms with Crippen LogP contribution in [0.25, 0.3) is 10.9 Å². The Kier molecular flexibility index (Phi) is 6.08. The van der Waals surface area contributed by atoms with Crippen LogP contribution in [-0.4, -0.2) is 36.6 Å². The molecule has 0 fully saturated rings. The molecule has 2 aromatic rings. The molecular formula is C18H25ClN2O2. The molecule has 0 aliphatic rings. The molecule has 0 spiro atoms. The number of rotatable bonds is 7. The number of aromatic amines is 1. The third-order valence-corrected chi connectivity index (χ3v) is 4.79. The largest absolute Gasteiger partial charge is 0.495 e. The van der Waals surface area contributed by atoms with E-state index in [1.54, 1.807) is 13.2 Å². The highest BCUT2D eigenvalue weighted by molar-refractivity contribution is 6.35. The molecule has 0 atom stereocenters. The van der Waals surface area contributed by atoms with Crippen molar-refractivity contribution in [2.45, 2.75) is 33.6 Å². The van der Waals surface area contributed by atoms with Gasteiger partial charge >= 0.3 is 0 Å². The van der Waals surface area contributed by atoms with Gasteiger partial charge in [-0.25, -0.2) is 0 Å². The lowest BCUT2D eigenvalue weighted by molar-refractivity contribution is 0.300. The molecule has 1 aromatic heterocycles. The first-order chi connectivity index (χ1) is 11.0. The van der Waals surface area contributed by atoms with Crippen LogP contribution in [0.1, 0.15) is 31.4 Å². The maximum atomic E-state index is 12.5. The van der Waals surface area contributed by atoms with E-state index < -0.39 is 0 Å². The molecule has 0 bridgehead atoms. The summed E-state index contributed by atoms with van der Waals surface area (Å²) in [6.07, 6.45) is 1.71. The van der Waals surface area contributed by atoms with Crippen molar-refractivity contribution in [1.82, 2.24) is 9.88 Å². The number of hydrogen-bond donors (Lipinski definition) is 1. The van der Waals surface area contributed by atoms with Gasteiger partial charge < -0.3 is 14.6 Å². The summed E-state index contributed by atoms with van der Waals surface area (Å²) >= 11 is 6.36. The van der Waals surface area contributed by atoms with Gasteiger partial charge in [0.25, 0.3) is 5.56 Å². The minimum atomic E-state index is -0.0462. The maximum Gasteiger partial charge on any atom is 0.251 e. The number of aromatic nitrogens is 1. The smallest absolute Gasteiger partial charge is 0.251 e. The Bertz CT molecular complexity index is 736. The van der Waals surface area contributed by atoms with Crippen molar-refractivity contribution in [1.29, 1.82) is 0 Å². The second-order valence-corrected chi connectivity index (χ2v) is 6.09. The average molecular weight is 337 g/mol. The number of pyridine rings is 1. The van der Waals surface area contributed by atoms with Crippen molar-refractivity contribution in [3.63, 3.8) is 0 Å². The summed E-state index contributed by atoms with van der Waals surface area (Å²) in [5.74, 6) is 0.638. The fourth-order valence-electron chi connectivity index (χ4n) is 3.05. The molecule has 0 radical (unpaired) electrons. The minimum absolute atomic E-state index is 0.0462. The molecule has 1 N–H and O–H groups in total. The topological polar surface area (TPSA) is 45.3 Å². The van der Waals surface area contributed by atoms with Crippen LogP contribution in [-0.2, 0) is 6.42 Å². The first-order valence-electron chi connectivity index (χ1n) is 8.13. The number of methoxy groups -OCH3 is 1. The van der Waals surface area contributed by atoms with Crippen LogP contribution in [0, 0.1) is 6.92 Å². The number of benzene rings is 1. The van der Waals surface area contributed by atoms with Crippen molar-refractivity contribution in [2.75, 3.05) is 26.7 Å². The number of halogens is 1. The number of fused-ring (bicyclic) bond motifs is 1. The number of nitrogens with one attached hydrogen (secondary N) is 1. The summed E-state index contributed by atoms with van der Waals surface area (Å²) in [5, 5.41) is 1.52. The third kappa shape index (κ3) is 3.70. The lowest BCUT2D eigenvalue weighted by Gasteiger charge is -2.18. The van der Waals surface area contributed by atoms with Gasteiger partial charge in [0.15, 0.2) is 0 Å². The zero-order chi connectivity index (χ0) is 17.0. The van der Waals surface area contributed by atoms with Gasteiger partial charge in [0.2, 0.25) is 0 Å². The molecular weight excluding hydrogens is 312 g/mol. The van der Waals surface area contributed by atoms with Gasteiger partial charge in [-0.15, -0.1) is 0 Å². The van der Waals surface area contributed by atoms with Gasteiger partial charge in [-0.3, -0.25) is 4.79 Å². The van der Waals surface area contributed by atoms with E-state index >= 15 is 0 Å². The molecule has 0 unspecified atom stereocenters. The highest BCUT2D eigenvalue weighted by atomic mass is 35.5. The minimum Gasteiger partial charge on any atom is -0.495 e. The Labute approximate surface area is 142 Å². The Morgan fingerprint density at radius 1 is 1.26 bits per heavy atom. The summed E-state index contributed by atoms with van der Waals surface area (Å²) in [7, 11) is 1.59. The van der Waals surface area contributed by atoms with Gasteiger partial charge in [0.05, 0.1) is 17.6 Å². The second kappa shape index (κ2) is 7.84. The fourth-order valence-corrected chi connectivity index (χ4v) is 3.35. The highest BCUT2D eigenvalue weighted by Gasteiger charge is 2.15. The van der Waals surface area contributed by atoms with Gasteiger partial charge in [0.1, 0.15) is 5.75 Å². The summed E-state index contributed by atoms with van der Waals surface area (Å²) in [4.78, 5) is 17.8. The van der Waals surface area contributed by atoms with Crippen LogP contribution < -0.4 is 10.3 Å². The van der Waals surface area contributed by atoms with Crippen LogP contribution in [0.4, 0.5) is 0 Å². The SMILES string of the molecule is CCN(CC)CCCc1c(C)c2c(Cl)ccc(OC)c2[nH]c1=O. The maximum absolute atomic E-state index is 12.5. The number of H-pyrrole nitrogens is 1. The number of ether oxygens (including phenoxy) is 1. The molecule has 2 rings (SSSR count). The Balaban J connectivity index is 2.38. The first kappa shape index (κ1) is 17.8. The van der Waals surface area contributed by atoms with Crippen molar-refractivity contribution < 1.29 is 4.74 Å². The Morgan fingerprint density at radius 3 is 2.57 bits per heavy atom. The summed E-state index contributed by atoms with van der Waals surface area (Å²) in [6.45, 7) is 9.35. The lowest BCUT2D eigenvalue weighted by atomic mass is 10.0. The van der Waals surface area contributed by atoms with Crippen molar-refractivity contribution in [3.05, 3.63) is 38.6 Å².